The molecule has 3 aromatic rings. The summed E-state index contributed by atoms with van der Waals surface area (Å²) in [5.41, 5.74) is 2.44. The molecule has 0 atom stereocenters. The summed E-state index contributed by atoms with van der Waals surface area (Å²) in [5.74, 6) is 1.08. The largest absolute Gasteiger partial charge is 0.381 e. The number of benzene rings is 1. The zero-order chi connectivity index (χ0) is 25.5. The maximum Gasteiger partial charge on any atom is 0.270 e. The second kappa shape index (κ2) is 12.3. The molecule has 2 amide bonds. The summed E-state index contributed by atoms with van der Waals surface area (Å²) in [4.78, 5) is 32.3. The van der Waals surface area contributed by atoms with Gasteiger partial charge in [-0.2, -0.15) is 0 Å². The molecule has 9 heteroatoms. The van der Waals surface area contributed by atoms with E-state index in [0.717, 1.165) is 36.4 Å². The maximum absolute atomic E-state index is 13.4. The van der Waals surface area contributed by atoms with Gasteiger partial charge in [-0.05, 0) is 32.1 Å². The second-order valence-electron chi connectivity index (χ2n) is 9.54. The summed E-state index contributed by atoms with van der Waals surface area (Å²) >= 11 is 1.52. The molecule has 0 unspecified atom stereocenters. The van der Waals surface area contributed by atoms with E-state index in [-0.39, 0.29) is 17.7 Å². The topological polar surface area (TPSA) is 97.6 Å². The Morgan fingerprint density at radius 3 is 2.69 bits per heavy atom. The number of carbonyl (C=O) groups is 2. The number of amides is 2. The Kier molecular flexibility index (Phi) is 8.88. The van der Waals surface area contributed by atoms with Crippen LogP contribution in [-0.4, -0.2) is 59.7 Å². The molecule has 8 nitrogen and oxygen atoms in total. The fourth-order valence-corrected chi connectivity index (χ4v) is 5.24. The van der Waals surface area contributed by atoms with E-state index in [2.05, 4.69) is 29.3 Å². The van der Waals surface area contributed by atoms with Gasteiger partial charge in [0.15, 0.2) is 0 Å². The summed E-state index contributed by atoms with van der Waals surface area (Å²) in [6.07, 6.45) is 2.39. The number of nitrogens with zero attached hydrogens (tertiary/aromatic N) is 3. The number of likely N-dealkylation sites (tertiary alicyclic amines) is 1. The zero-order valence-corrected chi connectivity index (χ0v) is 22.0. The first-order valence-electron chi connectivity index (χ1n) is 12.6. The van der Waals surface area contributed by atoms with Crippen LogP contribution in [0, 0.1) is 12.8 Å². The van der Waals surface area contributed by atoms with Gasteiger partial charge in [-0.1, -0.05) is 49.3 Å². The molecule has 192 valence electrons. The minimum atomic E-state index is -0.148. The minimum absolute atomic E-state index is 0.0531. The number of aryl methyl sites for hydroxylation is 1. The molecule has 1 fully saturated rings. The quantitative estimate of drug-likeness (QED) is 0.389. The Morgan fingerprint density at radius 2 is 1.97 bits per heavy atom. The molecule has 1 aliphatic rings. The van der Waals surface area contributed by atoms with Gasteiger partial charge in [0.2, 0.25) is 0 Å². The van der Waals surface area contributed by atoms with Crippen molar-refractivity contribution in [2.75, 3.05) is 32.8 Å². The van der Waals surface area contributed by atoms with E-state index in [1.165, 1.54) is 11.3 Å². The molecule has 2 aromatic heterocycles. The fourth-order valence-electron chi connectivity index (χ4n) is 4.27. The predicted octanol–water partition coefficient (Wildman–Crippen LogP) is 4.92. The van der Waals surface area contributed by atoms with E-state index in [0.29, 0.717) is 54.9 Å². The Morgan fingerprint density at radius 1 is 1.22 bits per heavy atom. The highest BCUT2D eigenvalue weighted by Gasteiger charge is 2.30. The molecule has 4 rings (SSSR count). The van der Waals surface area contributed by atoms with Crippen molar-refractivity contribution in [2.45, 2.75) is 46.0 Å². The lowest BCUT2D eigenvalue weighted by atomic mass is 9.96. The maximum atomic E-state index is 13.4. The van der Waals surface area contributed by atoms with E-state index in [1.54, 1.807) is 6.92 Å². The molecule has 0 spiro atoms. The van der Waals surface area contributed by atoms with Crippen molar-refractivity contribution in [2.24, 2.45) is 5.92 Å². The van der Waals surface area contributed by atoms with Crippen LogP contribution in [0.25, 0.3) is 11.3 Å². The van der Waals surface area contributed by atoms with E-state index < -0.39 is 0 Å². The van der Waals surface area contributed by atoms with Crippen LogP contribution in [-0.2, 0) is 4.74 Å². The number of rotatable bonds is 10. The van der Waals surface area contributed by atoms with Crippen LogP contribution in [0.1, 0.15) is 70.6 Å². The average molecular weight is 511 g/mol. The Labute approximate surface area is 216 Å². The van der Waals surface area contributed by atoms with Crippen molar-refractivity contribution in [3.8, 4) is 11.3 Å². The molecule has 0 radical (unpaired) electrons. The Hall–Kier alpha value is -3.04. The Balaban J connectivity index is 1.29. The summed E-state index contributed by atoms with van der Waals surface area (Å²) in [7, 11) is 0. The van der Waals surface area contributed by atoms with Crippen molar-refractivity contribution >= 4 is 23.2 Å². The predicted molar refractivity (Wildman–Crippen MR) is 139 cm³/mol. The summed E-state index contributed by atoms with van der Waals surface area (Å²) in [6.45, 7) is 9.20. The third-order valence-corrected chi connectivity index (χ3v) is 7.22. The van der Waals surface area contributed by atoms with E-state index in [9.17, 15) is 9.59 Å². The second-order valence-corrected chi connectivity index (χ2v) is 10.4. The summed E-state index contributed by atoms with van der Waals surface area (Å²) in [5, 5.41) is 9.85. The monoisotopic (exact) mass is 510 g/mol. The first-order chi connectivity index (χ1) is 17.4. The highest BCUT2D eigenvalue weighted by Crippen LogP contribution is 2.32. The molecular formula is C27H34N4O4S. The van der Waals surface area contributed by atoms with Crippen LogP contribution in [0.3, 0.4) is 0 Å². The number of thiazole rings is 1. The first-order valence-corrected chi connectivity index (χ1v) is 13.4. The van der Waals surface area contributed by atoms with Crippen LogP contribution in [0.4, 0.5) is 0 Å². The third-order valence-electron chi connectivity index (χ3n) is 6.21. The molecular weight excluding hydrogens is 476 g/mol. The molecule has 36 heavy (non-hydrogen) atoms. The molecule has 1 aliphatic heterocycles. The van der Waals surface area contributed by atoms with Crippen LogP contribution < -0.4 is 5.32 Å². The Bertz CT molecular complexity index is 1150. The number of hydrogen-bond donors (Lipinski definition) is 1. The van der Waals surface area contributed by atoms with Gasteiger partial charge in [-0.15, -0.1) is 11.3 Å². The average Bonchev–Trinajstić information content (AvgIpc) is 3.53. The van der Waals surface area contributed by atoms with E-state index in [1.807, 2.05) is 40.6 Å². The van der Waals surface area contributed by atoms with Gasteiger partial charge in [-0.3, -0.25) is 9.59 Å². The SMILES string of the molecule is Cc1onc(-c2ccccc2)c1C(=O)N1CCC(c2nc(C(=O)NCCCOCC(C)C)cs2)CC1. The van der Waals surface area contributed by atoms with Gasteiger partial charge in [0.25, 0.3) is 11.8 Å². The van der Waals surface area contributed by atoms with Crippen LogP contribution in [0.5, 0.6) is 0 Å². The van der Waals surface area contributed by atoms with Crippen molar-refractivity contribution in [3.05, 3.63) is 57.7 Å². The molecule has 1 aromatic carbocycles. The molecule has 1 saturated heterocycles. The summed E-state index contributed by atoms with van der Waals surface area (Å²) < 4.78 is 10.9. The van der Waals surface area contributed by atoms with Crippen LogP contribution in [0.2, 0.25) is 0 Å². The van der Waals surface area contributed by atoms with Gasteiger partial charge in [0.1, 0.15) is 22.7 Å². The number of carbonyl (C=O) groups excluding carboxylic acids is 2. The lowest BCUT2D eigenvalue weighted by Gasteiger charge is -2.31. The van der Waals surface area contributed by atoms with Crippen LogP contribution >= 0.6 is 11.3 Å². The molecule has 3 heterocycles. The summed E-state index contributed by atoms with van der Waals surface area (Å²) in [6, 6.07) is 9.63. The van der Waals surface area contributed by atoms with Crippen molar-refractivity contribution in [1.82, 2.24) is 20.4 Å². The minimum Gasteiger partial charge on any atom is -0.381 e. The van der Waals surface area contributed by atoms with Gasteiger partial charge < -0.3 is 19.5 Å². The lowest BCUT2D eigenvalue weighted by Crippen LogP contribution is -2.38. The standard InChI is InChI=1S/C27H34N4O4S/c1-18(2)16-34-15-7-12-28-25(32)22-17-36-26(29-22)21-10-13-31(14-11-21)27(33)23-19(3)35-30-24(23)20-8-5-4-6-9-20/h4-6,8-9,17-18,21H,7,10-16H2,1-3H3,(H,28,32). The molecule has 0 saturated carbocycles. The number of hydrogen-bond acceptors (Lipinski definition) is 7. The normalized spacial score (nSPS) is 14.4. The smallest absolute Gasteiger partial charge is 0.270 e. The number of aromatic nitrogens is 2. The third kappa shape index (κ3) is 6.39. The van der Waals surface area contributed by atoms with Crippen LogP contribution in [0.15, 0.2) is 40.2 Å². The molecule has 0 aliphatic carbocycles. The highest BCUT2D eigenvalue weighted by atomic mass is 32.1. The van der Waals surface area contributed by atoms with Crippen molar-refractivity contribution in [1.29, 1.82) is 0 Å². The lowest BCUT2D eigenvalue weighted by molar-refractivity contribution is 0.0711. The molecule has 0 bridgehead atoms. The van der Waals surface area contributed by atoms with Gasteiger partial charge in [0, 0.05) is 49.7 Å². The molecule has 1 N–H and O–H groups in total. The van der Waals surface area contributed by atoms with E-state index >= 15 is 0 Å². The highest BCUT2D eigenvalue weighted by molar-refractivity contribution is 7.09. The van der Waals surface area contributed by atoms with Crippen molar-refractivity contribution < 1.29 is 18.8 Å². The van der Waals surface area contributed by atoms with Gasteiger partial charge in [-0.25, -0.2) is 4.98 Å². The van der Waals surface area contributed by atoms with E-state index in [4.69, 9.17) is 9.26 Å². The van der Waals surface area contributed by atoms with Crippen molar-refractivity contribution in [3.63, 3.8) is 0 Å². The van der Waals surface area contributed by atoms with Gasteiger partial charge in [0.05, 0.1) is 5.01 Å². The number of nitrogens with one attached hydrogen (secondary N) is 1. The first kappa shape index (κ1) is 26.0. The number of ether oxygens (including phenoxy) is 1. The number of piperidine rings is 1. The zero-order valence-electron chi connectivity index (χ0n) is 21.2. The fraction of sp³-hybridized carbons (Fsp3) is 0.481. The van der Waals surface area contributed by atoms with Gasteiger partial charge >= 0.3 is 0 Å².